The minimum absolute atomic E-state index is 0.232. The Morgan fingerprint density at radius 1 is 1.22 bits per heavy atom. The number of nitrogens with one attached hydrogen (secondary N) is 1. The molecule has 98 valence electrons. The maximum absolute atomic E-state index is 5.46. The largest absolute Gasteiger partial charge is 0.468 e. The van der Waals surface area contributed by atoms with Gasteiger partial charge in [-0.1, -0.05) is 0 Å². The molecular formula is C14H20N2O2. The van der Waals surface area contributed by atoms with E-state index in [1.54, 1.807) is 12.5 Å². The van der Waals surface area contributed by atoms with Crippen LogP contribution in [-0.2, 0) is 6.54 Å². The van der Waals surface area contributed by atoms with Crippen molar-refractivity contribution in [3.05, 3.63) is 47.8 Å². The topological polar surface area (TPSA) is 41.6 Å². The Bertz CT molecular complexity index is 460. The maximum atomic E-state index is 5.46. The lowest BCUT2D eigenvalue weighted by molar-refractivity contribution is 0.248. The smallest absolute Gasteiger partial charge is 0.122 e. The zero-order valence-electron chi connectivity index (χ0n) is 11.1. The van der Waals surface area contributed by atoms with Gasteiger partial charge in [0.15, 0.2) is 0 Å². The highest BCUT2D eigenvalue weighted by molar-refractivity contribution is 5.14. The van der Waals surface area contributed by atoms with Crippen molar-refractivity contribution in [3.8, 4) is 0 Å². The van der Waals surface area contributed by atoms with Crippen LogP contribution in [0.5, 0.6) is 0 Å². The maximum Gasteiger partial charge on any atom is 0.122 e. The second-order valence-electron chi connectivity index (χ2n) is 4.65. The number of aryl methyl sites for hydroxylation is 1. The fraction of sp³-hybridized carbons (Fsp3) is 0.429. The molecule has 0 saturated heterocycles. The van der Waals surface area contributed by atoms with Crippen LogP contribution in [0.15, 0.2) is 39.6 Å². The van der Waals surface area contributed by atoms with E-state index in [9.17, 15) is 0 Å². The van der Waals surface area contributed by atoms with Gasteiger partial charge in [-0.2, -0.15) is 0 Å². The first-order valence-electron chi connectivity index (χ1n) is 6.12. The van der Waals surface area contributed by atoms with Crippen LogP contribution in [0.3, 0.4) is 0 Å². The van der Waals surface area contributed by atoms with E-state index in [4.69, 9.17) is 8.83 Å². The molecule has 0 fully saturated rings. The van der Waals surface area contributed by atoms with Crippen molar-refractivity contribution < 1.29 is 8.83 Å². The fourth-order valence-corrected chi connectivity index (χ4v) is 1.93. The van der Waals surface area contributed by atoms with Crippen LogP contribution in [0, 0.1) is 6.92 Å². The van der Waals surface area contributed by atoms with Crippen molar-refractivity contribution >= 4 is 0 Å². The highest BCUT2D eigenvalue weighted by atomic mass is 16.3. The molecule has 0 saturated carbocycles. The van der Waals surface area contributed by atoms with Crippen LogP contribution in [0.2, 0.25) is 0 Å². The van der Waals surface area contributed by atoms with E-state index in [0.717, 1.165) is 24.6 Å². The zero-order chi connectivity index (χ0) is 13.0. The molecule has 4 nitrogen and oxygen atoms in total. The molecule has 18 heavy (non-hydrogen) atoms. The van der Waals surface area contributed by atoms with E-state index in [1.165, 1.54) is 5.56 Å². The molecule has 0 aliphatic rings. The quantitative estimate of drug-likeness (QED) is 0.853. The molecule has 1 atom stereocenters. The SMILES string of the molecule is Cc1ccoc1CNCC(c1ccco1)N(C)C. The Morgan fingerprint density at radius 2 is 2.06 bits per heavy atom. The minimum atomic E-state index is 0.232. The molecule has 0 aliphatic heterocycles. The van der Waals surface area contributed by atoms with Gasteiger partial charge in [-0.3, -0.25) is 4.90 Å². The molecule has 0 radical (unpaired) electrons. The Balaban J connectivity index is 1.89. The third kappa shape index (κ3) is 3.03. The monoisotopic (exact) mass is 248 g/mol. The van der Waals surface area contributed by atoms with Gasteiger partial charge >= 0.3 is 0 Å². The van der Waals surface area contributed by atoms with Gasteiger partial charge in [-0.15, -0.1) is 0 Å². The molecule has 2 aromatic heterocycles. The predicted octanol–water partition coefficient (Wildman–Crippen LogP) is 2.57. The van der Waals surface area contributed by atoms with Crippen LogP contribution >= 0.6 is 0 Å². The Morgan fingerprint density at radius 3 is 2.61 bits per heavy atom. The van der Waals surface area contributed by atoms with Crippen LogP contribution in [0.1, 0.15) is 23.1 Å². The number of nitrogens with zero attached hydrogens (tertiary/aromatic N) is 1. The van der Waals surface area contributed by atoms with Gasteiger partial charge in [0.25, 0.3) is 0 Å². The lowest BCUT2D eigenvalue weighted by atomic mass is 10.2. The molecule has 2 rings (SSSR count). The lowest BCUT2D eigenvalue weighted by Gasteiger charge is -2.22. The summed E-state index contributed by atoms with van der Waals surface area (Å²) in [6.45, 7) is 3.61. The first-order valence-corrected chi connectivity index (χ1v) is 6.12. The average Bonchev–Trinajstić information content (AvgIpc) is 2.96. The molecule has 2 heterocycles. The molecule has 0 amide bonds. The lowest BCUT2D eigenvalue weighted by Crippen LogP contribution is -2.30. The van der Waals surface area contributed by atoms with E-state index in [2.05, 4.69) is 17.1 Å². The molecule has 0 aliphatic carbocycles. The first kappa shape index (κ1) is 12.9. The first-order chi connectivity index (χ1) is 8.68. The summed E-state index contributed by atoms with van der Waals surface area (Å²) in [6.07, 6.45) is 3.44. The summed E-state index contributed by atoms with van der Waals surface area (Å²) in [6, 6.07) is 6.13. The van der Waals surface area contributed by atoms with E-state index in [1.807, 2.05) is 32.3 Å². The Labute approximate surface area is 108 Å². The molecule has 1 unspecified atom stereocenters. The van der Waals surface area contributed by atoms with Crippen LogP contribution < -0.4 is 5.32 Å². The average molecular weight is 248 g/mol. The van der Waals surface area contributed by atoms with Crippen molar-refractivity contribution in [2.24, 2.45) is 0 Å². The van der Waals surface area contributed by atoms with Gasteiger partial charge in [-0.25, -0.2) is 0 Å². The predicted molar refractivity (Wildman–Crippen MR) is 70.3 cm³/mol. The van der Waals surface area contributed by atoms with Crippen molar-refractivity contribution in [3.63, 3.8) is 0 Å². The summed E-state index contributed by atoms with van der Waals surface area (Å²) in [5.41, 5.74) is 1.18. The summed E-state index contributed by atoms with van der Waals surface area (Å²) >= 11 is 0. The van der Waals surface area contributed by atoms with Crippen LogP contribution in [-0.4, -0.2) is 25.5 Å². The standard InChI is InChI=1S/C14H20N2O2/c1-11-6-8-18-14(11)10-15-9-12(16(2)3)13-5-4-7-17-13/h4-8,12,15H,9-10H2,1-3H3. The number of likely N-dealkylation sites (N-methyl/N-ethyl adjacent to an activating group) is 1. The summed E-state index contributed by atoms with van der Waals surface area (Å²) in [4.78, 5) is 2.14. The highest BCUT2D eigenvalue weighted by Gasteiger charge is 2.16. The van der Waals surface area contributed by atoms with Gasteiger partial charge < -0.3 is 14.2 Å². The van der Waals surface area contributed by atoms with Gasteiger partial charge in [0.1, 0.15) is 11.5 Å². The number of furan rings is 2. The number of rotatable bonds is 6. The van der Waals surface area contributed by atoms with Gasteiger partial charge in [0.2, 0.25) is 0 Å². The van der Waals surface area contributed by atoms with Crippen LogP contribution in [0.4, 0.5) is 0 Å². The molecule has 0 spiro atoms. The van der Waals surface area contributed by atoms with Crippen molar-refractivity contribution in [1.29, 1.82) is 0 Å². The number of hydrogen-bond acceptors (Lipinski definition) is 4. The second-order valence-corrected chi connectivity index (χ2v) is 4.65. The molecular weight excluding hydrogens is 228 g/mol. The van der Waals surface area contributed by atoms with E-state index in [-0.39, 0.29) is 6.04 Å². The Kier molecular flexibility index (Phi) is 4.23. The zero-order valence-corrected chi connectivity index (χ0v) is 11.1. The highest BCUT2D eigenvalue weighted by Crippen LogP contribution is 2.18. The van der Waals surface area contributed by atoms with Crippen molar-refractivity contribution in [2.75, 3.05) is 20.6 Å². The molecule has 2 aromatic rings. The molecule has 4 heteroatoms. The summed E-state index contributed by atoms with van der Waals surface area (Å²) in [5.74, 6) is 1.97. The molecule has 0 bridgehead atoms. The van der Waals surface area contributed by atoms with E-state index >= 15 is 0 Å². The summed E-state index contributed by atoms with van der Waals surface area (Å²) in [5, 5.41) is 3.40. The van der Waals surface area contributed by atoms with Crippen molar-refractivity contribution in [2.45, 2.75) is 19.5 Å². The summed E-state index contributed by atoms with van der Waals surface area (Å²) in [7, 11) is 4.10. The van der Waals surface area contributed by atoms with Gasteiger partial charge in [0, 0.05) is 6.54 Å². The fourth-order valence-electron chi connectivity index (χ4n) is 1.93. The molecule has 1 N–H and O–H groups in total. The number of hydrogen-bond donors (Lipinski definition) is 1. The van der Waals surface area contributed by atoms with Gasteiger partial charge in [0.05, 0.1) is 25.1 Å². The van der Waals surface area contributed by atoms with Gasteiger partial charge in [-0.05, 0) is 44.8 Å². The molecule has 0 aromatic carbocycles. The van der Waals surface area contributed by atoms with Crippen LogP contribution in [0.25, 0.3) is 0 Å². The van der Waals surface area contributed by atoms with Crippen molar-refractivity contribution in [1.82, 2.24) is 10.2 Å². The Hall–Kier alpha value is -1.52. The summed E-state index contributed by atoms with van der Waals surface area (Å²) < 4.78 is 10.9. The van der Waals surface area contributed by atoms with E-state index in [0.29, 0.717) is 0 Å². The normalized spacial score (nSPS) is 13.1. The van der Waals surface area contributed by atoms with E-state index < -0.39 is 0 Å². The third-order valence-corrected chi connectivity index (χ3v) is 3.09. The third-order valence-electron chi connectivity index (χ3n) is 3.09. The second kappa shape index (κ2) is 5.89. The minimum Gasteiger partial charge on any atom is -0.468 e.